The molecule has 1 saturated carbocycles. The van der Waals surface area contributed by atoms with Crippen LogP contribution in [-0.4, -0.2) is 62.7 Å². The number of rotatable bonds is 8. The molecular weight excluding hydrogens is 372 g/mol. The number of esters is 1. The van der Waals surface area contributed by atoms with Crippen molar-refractivity contribution in [2.24, 2.45) is 11.3 Å². The van der Waals surface area contributed by atoms with Gasteiger partial charge in [0.05, 0.1) is 0 Å². The van der Waals surface area contributed by atoms with E-state index in [1.54, 1.807) is 0 Å². The molecule has 0 N–H and O–H groups in total. The summed E-state index contributed by atoms with van der Waals surface area (Å²) in [5.74, 6) is 0.338. The highest BCUT2D eigenvalue weighted by Crippen LogP contribution is 2.55. The smallest absolute Gasteiger partial charge is 0.306 e. The zero-order valence-corrected chi connectivity index (χ0v) is 19.4. The molecule has 2 aliphatic rings. The van der Waals surface area contributed by atoms with Gasteiger partial charge in [-0.15, -0.1) is 0 Å². The van der Waals surface area contributed by atoms with E-state index in [9.17, 15) is 4.79 Å². The van der Waals surface area contributed by atoms with Gasteiger partial charge in [0.2, 0.25) is 0 Å². The van der Waals surface area contributed by atoms with Crippen LogP contribution >= 0.6 is 0 Å². The highest BCUT2D eigenvalue weighted by atomic mass is 16.6. The second kappa shape index (κ2) is 9.49. The van der Waals surface area contributed by atoms with Crippen molar-refractivity contribution in [2.45, 2.75) is 44.6 Å². The van der Waals surface area contributed by atoms with E-state index in [2.05, 4.69) is 80.5 Å². The minimum absolute atomic E-state index is 0.107. The van der Waals surface area contributed by atoms with Crippen LogP contribution in [0.1, 0.15) is 38.2 Å². The molecule has 0 aromatic heterocycles. The quantitative estimate of drug-likeness (QED) is 0.597. The van der Waals surface area contributed by atoms with Gasteiger partial charge < -0.3 is 14.5 Å². The largest absolute Gasteiger partial charge is 0.453 e. The fraction of sp³-hybridized carbons (Fsp3) is 0.577. The molecule has 0 amide bonds. The molecule has 0 spiro atoms. The Morgan fingerprint density at radius 1 is 1.10 bits per heavy atom. The number of carbonyl (C=O) groups excluding carboxylic acids is 1. The van der Waals surface area contributed by atoms with Gasteiger partial charge in [0.15, 0.2) is 0 Å². The van der Waals surface area contributed by atoms with Crippen molar-refractivity contribution in [2.75, 3.05) is 41.3 Å². The SMILES string of the molecule is CCC(=O)OC1(Cc2ccccc2)C2=CC=CCC2CCC1(CN(C)C)CN(C)C. The maximum atomic E-state index is 12.9. The predicted octanol–water partition coefficient (Wildman–Crippen LogP) is 4.33. The number of hydrogen-bond acceptors (Lipinski definition) is 4. The number of ether oxygens (including phenoxy) is 1. The number of benzene rings is 1. The van der Waals surface area contributed by atoms with Crippen molar-refractivity contribution in [3.8, 4) is 0 Å². The van der Waals surface area contributed by atoms with Crippen LogP contribution in [0.2, 0.25) is 0 Å². The zero-order valence-electron chi connectivity index (χ0n) is 19.4. The molecule has 2 aliphatic carbocycles. The Hall–Kier alpha value is -1.91. The summed E-state index contributed by atoms with van der Waals surface area (Å²) in [6, 6.07) is 10.5. The summed E-state index contributed by atoms with van der Waals surface area (Å²) in [5, 5.41) is 0. The van der Waals surface area contributed by atoms with E-state index < -0.39 is 5.60 Å². The van der Waals surface area contributed by atoms with Crippen LogP contribution in [0.4, 0.5) is 0 Å². The molecule has 0 heterocycles. The van der Waals surface area contributed by atoms with Crippen LogP contribution in [0, 0.1) is 11.3 Å². The Kier molecular flexibility index (Phi) is 7.20. The molecule has 0 saturated heterocycles. The van der Waals surface area contributed by atoms with E-state index in [0.717, 1.165) is 38.8 Å². The molecule has 1 aromatic carbocycles. The number of fused-ring (bicyclic) bond motifs is 1. The summed E-state index contributed by atoms with van der Waals surface area (Å²) in [5.41, 5.74) is 1.70. The summed E-state index contributed by atoms with van der Waals surface area (Å²) in [4.78, 5) is 17.4. The van der Waals surface area contributed by atoms with Gasteiger partial charge in [0.1, 0.15) is 5.60 Å². The summed E-state index contributed by atoms with van der Waals surface area (Å²) in [6.45, 7) is 3.65. The Morgan fingerprint density at radius 2 is 1.77 bits per heavy atom. The third-order valence-electron chi connectivity index (χ3n) is 6.68. The Labute approximate surface area is 182 Å². The monoisotopic (exact) mass is 410 g/mol. The number of carbonyl (C=O) groups is 1. The summed E-state index contributed by atoms with van der Waals surface area (Å²) >= 11 is 0. The molecule has 3 rings (SSSR count). The predicted molar refractivity (Wildman–Crippen MR) is 123 cm³/mol. The minimum Gasteiger partial charge on any atom is -0.453 e. The second-order valence-corrected chi connectivity index (χ2v) is 9.59. The first-order chi connectivity index (χ1) is 14.3. The molecule has 2 unspecified atom stereocenters. The Balaban J connectivity index is 2.23. The summed E-state index contributed by atoms with van der Waals surface area (Å²) < 4.78 is 6.62. The molecule has 1 fully saturated rings. The van der Waals surface area contributed by atoms with Crippen LogP contribution in [-0.2, 0) is 16.0 Å². The molecule has 2 atom stereocenters. The normalized spacial score (nSPS) is 25.2. The highest BCUT2D eigenvalue weighted by Gasteiger charge is 2.60. The molecular formula is C26H38N2O2. The fourth-order valence-electron chi connectivity index (χ4n) is 5.69. The standard InChI is InChI=1S/C26H38N2O2/c1-6-24(29)30-26(18-21-12-8-7-9-13-21)23-15-11-10-14-22(23)16-17-25(26,19-27(2)3)20-28(4)5/h7-13,15,22H,6,14,16-20H2,1-5H3. The van der Waals surface area contributed by atoms with E-state index in [-0.39, 0.29) is 11.4 Å². The average Bonchev–Trinajstić information content (AvgIpc) is 2.71. The zero-order chi connectivity index (χ0) is 21.8. The van der Waals surface area contributed by atoms with Gasteiger partial charge in [-0.1, -0.05) is 55.5 Å². The lowest BCUT2D eigenvalue weighted by atomic mass is 9.54. The van der Waals surface area contributed by atoms with Crippen LogP contribution in [0.3, 0.4) is 0 Å². The van der Waals surface area contributed by atoms with Crippen LogP contribution in [0.15, 0.2) is 54.1 Å². The molecule has 30 heavy (non-hydrogen) atoms. The van der Waals surface area contributed by atoms with Crippen molar-refractivity contribution in [1.82, 2.24) is 9.80 Å². The Morgan fingerprint density at radius 3 is 2.37 bits per heavy atom. The van der Waals surface area contributed by atoms with E-state index in [1.165, 1.54) is 11.1 Å². The van der Waals surface area contributed by atoms with Crippen LogP contribution in [0.25, 0.3) is 0 Å². The lowest BCUT2D eigenvalue weighted by Crippen LogP contribution is -2.64. The maximum Gasteiger partial charge on any atom is 0.306 e. The molecule has 4 heteroatoms. The van der Waals surface area contributed by atoms with Crippen molar-refractivity contribution < 1.29 is 9.53 Å². The summed E-state index contributed by atoms with van der Waals surface area (Å²) in [6.07, 6.45) is 11.0. The molecule has 0 radical (unpaired) electrons. The lowest BCUT2D eigenvalue weighted by Gasteiger charge is -2.58. The van der Waals surface area contributed by atoms with Gasteiger partial charge in [-0.2, -0.15) is 0 Å². The van der Waals surface area contributed by atoms with E-state index >= 15 is 0 Å². The van der Waals surface area contributed by atoms with E-state index in [1.807, 2.05) is 13.0 Å². The van der Waals surface area contributed by atoms with Crippen molar-refractivity contribution >= 4 is 5.97 Å². The topological polar surface area (TPSA) is 32.8 Å². The Bertz CT molecular complexity index is 771. The molecule has 0 bridgehead atoms. The fourth-order valence-corrected chi connectivity index (χ4v) is 5.69. The third kappa shape index (κ3) is 4.55. The van der Waals surface area contributed by atoms with Gasteiger partial charge in [0, 0.05) is 31.3 Å². The second-order valence-electron chi connectivity index (χ2n) is 9.59. The third-order valence-corrected chi connectivity index (χ3v) is 6.68. The lowest BCUT2D eigenvalue weighted by molar-refractivity contribution is -0.181. The van der Waals surface area contributed by atoms with Gasteiger partial charge in [-0.3, -0.25) is 4.79 Å². The highest BCUT2D eigenvalue weighted by molar-refractivity contribution is 5.70. The van der Waals surface area contributed by atoms with Gasteiger partial charge in [-0.25, -0.2) is 0 Å². The first kappa shape index (κ1) is 22.8. The number of allylic oxidation sites excluding steroid dienone is 3. The van der Waals surface area contributed by atoms with Crippen LogP contribution in [0.5, 0.6) is 0 Å². The number of hydrogen-bond donors (Lipinski definition) is 0. The molecule has 4 nitrogen and oxygen atoms in total. The minimum atomic E-state index is -0.649. The molecule has 164 valence electrons. The van der Waals surface area contributed by atoms with Crippen molar-refractivity contribution in [3.63, 3.8) is 0 Å². The van der Waals surface area contributed by atoms with Gasteiger partial charge in [0.25, 0.3) is 0 Å². The molecule has 1 aromatic rings. The molecule has 0 aliphatic heterocycles. The number of nitrogens with zero attached hydrogens (tertiary/aromatic N) is 2. The van der Waals surface area contributed by atoms with Gasteiger partial charge in [-0.05, 0) is 64.5 Å². The van der Waals surface area contributed by atoms with E-state index in [0.29, 0.717) is 12.3 Å². The maximum absolute atomic E-state index is 12.9. The first-order valence-corrected chi connectivity index (χ1v) is 11.2. The van der Waals surface area contributed by atoms with Gasteiger partial charge >= 0.3 is 5.97 Å². The van der Waals surface area contributed by atoms with E-state index in [4.69, 9.17) is 4.74 Å². The van der Waals surface area contributed by atoms with Crippen LogP contribution < -0.4 is 0 Å². The van der Waals surface area contributed by atoms with Crippen molar-refractivity contribution in [1.29, 1.82) is 0 Å². The average molecular weight is 411 g/mol. The summed E-state index contributed by atoms with van der Waals surface area (Å²) in [7, 11) is 8.53. The first-order valence-electron chi connectivity index (χ1n) is 11.2. The van der Waals surface area contributed by atoms with Crippen molar-refractivity contribution in [3.05, 3.63) is 59.7 Å².